The Morgan fingerprint density at radius 3 is 1.75 bits per heavy atom. The highest BCUT2D eigenvalue weighted by atomic mass is 16.4. The van der Waals surface area contributed by atoms with Crippen LogP contribution < -0.4 is 0 Å². The zero-order chi connectivity index (χ0) is 12.8. The molecular weight excluding hydrogens is 220 g/mol. The summed E-state index contributed by atoms with van der Waals surface area (Å²) >= 11 is 0. The van der Waals surface area contributed by atoms with Crippen LogP contribution in [0.2, 0.25) is 0 Å². The van der Waals surface area contributed by atoms with Crippen LogP contribution in [0.1, 0.15) is 6.42 Å². The van der Waals surface area contributed by atoms with Gasteiger partial charge in [-0.1, -0.05) is 0 Å². The average molecular weight is 238 g/mol. The SMILES string of the molecule is O=C(CC(CO)(CO)CO)[C@H](O)[C@H](O)CO. The lowest BCUT2D eigenvalue weighted by Gasteiger charge is -2.28. The van der Waals surface area contributed by atoms with Gasteiger partial charge in [0.1, 0.15) is 12.2 Å². The standard InChI is InChI=1S/C9H18O7/c10-2-7(15)8(16)6(14)1-9(3-11,4-12)5-13/h7-8,10-13,15-16H,1-5H2/t7-,8+/m1/s1. The first-order chi connectivity index (χ1) is 7.46. The molecular formula is C9H18O7. The van der Waals surface area contributed by atoms with Crippen molar-refractivity contribution in [2.75, 3.05) is 26.4 Å². The van der Waals surface area contributed by atoms with E-state index in [1.807, 2.05) is 0 Å². The number of aliphatic hydroxyl groups excluding tert-OH is 6. The van der Waals surface area contributed by atoms with E-state index >= 15 is 0 Å². The minimum absolute atomic E-state index is 0.491. The van der Waals surface area contributed by atoms with Crippen LogP contribution in [0.3, 0.4) is 0 Å². The Balaban J connectivity index is 4.52. The lowest BCUT2D eigenvalue weighted by Crippen LogP contribution is -2.43. The summed E-state index contributed by atoms with van der Waals surface area (Å²) in [7, 11) is 0. The van der Waals surface area contributed by atoms with Crippen molar-refractivity contribution < 1.29 is 35.4 Å². The Bertz CT molecular complexity index is 206. The van der Waals surface area contributed by atoms with Gasteiger partial charge in [0, 0.05) is 11.8 Å². The average Bonchev–Trinajstić information content (AvgIpc) is 2.33. The monoisotopic (exact) mass is 238 g/mol. The molecule has 0 heterocycles. The second-order valence-corrected chi connectivity index (χ2v) is 3.81. The molecule has 0 aromatic rings. The molecule has 0 radical (unpaired) electrons. The third-order valence-corrected chi connectivity index (χ3v) is 2.44. The van der Waals surface area contributed by atoms with E-state index in [2.05, 4.69) is 0 Å². The molecule has 96 valence electrons. The summed E-state index contributed by atoms with van der Waals surface area (Å²) in [5, 5.41) is 53.6. The molecule has 0 aromatic heterocycles. The number of carbonyl (C=O) groups excluding carboxylic acids is 1. The van der Waals surface area contributed by atoms with Crippen LogP contribution in [0, 0.1) is 5.41 Å². The smallest absolute Gasteiger partial charge is 0.164 e. The van der Waals surface area contributed by atoms with Crippen LogP contribution in [0.25, 0.3) is 0 Å². The molecule has 0 bridgehead atoms. The molecule has 0 amide bonds. The highest BCUT2D eigenvalue weighted by Crippen LogP contribution is 2.21. The van der Waals surface area contributed by atoms with Gasteiger partial charge < -0.3 is 30.6 Å². The van der Waals surface area contributed by atoms with Gasteiger partial charge in [-0.05, 0) is 0 Å². The molecule has 0 spiro atoms. The van der Waals surface area contributed by atoms with Crippen LogP contribution in [0.15, 0.2) is 0 Å². The fourth-order valence-electron chi connectivity index (χ4n) is 1.11. The summed E-state index contributed by atoms with van der Waals surface area (Å²) in [6, 6.07) is 0. The largest absolute Gasteiger partial charge is 0.396 e. The van der Waals surface area contributed by atoms with E-state index in [1.165, 1.54) is 0 Å². The minimum atomic E-state index is -1.80. The van der Waals surface area contributed by atoms with Crippen molar-refractivity contribution in [3.63, 3.8) is 0 Å². The molecule has 16 heavy (non-hydrogen) atoms. The van der Waals surface area contributed by atoms with Crippen LogP contribution in [0.5, 0.6) is 0 Å². The summed E-state index contributed by atoms with van der Waals surface area (Å²) in [6.45, 7) is -2.67. The molecule has 0 saturated carbocycles. The quantitative estimate of drug-likeness (QED) is 0.259. The van der Waals surface area contributed by atoms with Gasteiger partial charge in [-0.2, -0.15) is 0 Å². The number of rotatable bonds is 8. The first-order valence-corrected chi connectivity index (χ1v) is 4.78. The predicted octanol–water partition coefficient (Wildman–Crippen LogP) is -3.38. The lowest BCUT2D eigenvalue weighted by atomic mass is 9.83. The lowest BCUT2D eigenvalue weighted by molar-refractivity contribution is -0.140. The van der Waals surface area contributed by atoms with Gasteiger partial charge in [0.2, 0.25) is 0 Å². The van der Waals surface area contributed by atoms with E-state index < -0.39 is 56.3 Å². The molecule has 0 saturated heterocycles. The van der Waals surface area contributed by atoms with Crippen molar-refractivity contribution in [1.82, 2.24) is 0 Å². The maximum absolute atomic E-state index is 11.4. The van der Waals surface area contributed by atoms with Gasteiger partial charge in [-0.25, -0.2) is 0 Å². The summed E-state index contributed by atoms with van der Waals surface area (Å²) in [5.41, 5.74) is -1.42. The van der Waals surface area contributed by atoms with Crippen LogP contribution in [-0.4, -0.2) is 75.1 Å². The topological polar surface area (TPSA) is 138 Å². The Labute approximate surface area is 92.6 Å². The normalized spacial score (nSPS) is 15.9. The first-order valence-electron chi connectivity index (χ1n) is 4.78. The number of ketones is 1. The van der Waals surface area contributed by atoms with E-state index in [-0.39, 0.29) is 0 Å². The molecule has 0 fully saturated rings. The zero-order valence-corrected chi connectivity index (χ0v) is 8.78. The van der Waals surface area contributed by atoms with E-state index in [4.69, 9.17) is 25.5 Å². The fraction of sp³-hybridized carbons (Fsp3) is 0.889. The van der Waals surface area contributed by atoms with E-state index in [1.54, 1.807) is 0 Å². The molecule has 0 unspecified atom stereocenters. The second-order valence-electron chi connectivity index (χ2n) is 3.81. The van der Waals surface area contributed by atoms with Crippen molar-refractivity contribution in [3.05, 3.63) is 0 Å². The zero-order valence-electron chi connectivity index (χ0n) is 8.78. The Morgan fingerprint density at radius 1 is 1.00 bits per heavy atom. The minimum Gasteiger partial charge on any atom is -0.396 e. The number of carbonyl (C=O) groups is 1. The molecule has 0 aliphatic rings. The van der Waals surface area contributed by atoms with Crippen molar-refractivity contribution in [1.29, 1.82) is 0 Å². The maximum atomic E-state index is 11.4. The molecule has 0 rings (SSSR count). The number of hydrogen-bond donors (Lipinski definition) is 6. The molecule has 7 heteroatoms. The van der Waals surface area contributed by atoms with Crippen molar-refractivity contribution in [2.45, 2.75) is 18.6 Å². The molecule has 7 nitrogen and oxygen atoms in total. The molecule has 0 aromatic carbocycles. The maximum Gasteiger partial charge on any atom is 0.164 e. The van der Waals surface area contributed by atoms with Crippen LogP contribution >= 0.6 is 0 Å². The van der Waals surface area contributed by atoms with E-state index in [0.717, 1.165) is 0 Å². The Morgan fingerprint density at radius 2 is 1.44 bits per heavy atom. The fourth-order valence-corrected chi connectivity index (χ4v) is 1.11. The van der Waals surface area contributed by atoms with Crippen LogP contribution in [-0.2, 0) is 4.79 Å². The van der Waals surface area contributed by atoms with E-state index in [9.17, 15) is 9.90 Å². The summed E-state index contributed by atoms with van der Waals surface area (Å²) < 4.78 is 0. The van der Waals surface area contributed by atoms with Gasteiger partial charge in [-0.3, -0.25) is 4.79 Å². The van der Waals surface area contributed by atoms with Crippen molar-refractivity contribution in [2.24, 2.45) is 5.41 Å². The predicted molar refractivity (Wildman–Crippen MR) is 52.4 cm³/mol. The van der Waals surface area contributed by atoms with Gasteiger partial charge in [0.25, 0.3) is 0 Å². The third-order valence-electron chi connectivity index (χ3n) is 2.44. The van der Waals surface area contributed by atoms with Gasteiger partial charge in [0.15, 0.2) is 5.78 Å². The molecule has 2 atom stereocenters. The number of hydrogen-bond acceptors (Lipinski definition) is 7. The van der Waals surface area contributed by atoms with E-state index in [0.29, 0.717) is 0 Å². The first kappa shape index (κ1) is 15.4. The van der Waals surface area contributed by atoms with Crippen LogP contribution in [0.4, 0.5) is 0 Å². The van der Waals surface area contributed by atoms with Crippen molar-refractivity contribution >= 4 is 5.78 Å². The summed E-state index contributed by atoms with van der Waals surface area (Å²) in [6.07, 6.45) is -3.90. The number of aliphatic hydroxyl groups is 6. The molecule has 0 aliphatic carbocycles. The molecule has 0 aliphatic heterocycles. The highest BCUT2D eigenvalue weighted by Gasteiger charge is 2.35. The third kappa shape index (κ3) is 3.78. The van der Waals surface area contributed by atoms with Gasteiger partial charge in [0.05, 0.1) is 26.4 Å². The Kier molecular flexibility index (Phi) is 6.65. The van der Waals surface area contributed by atoms with Gasteiger partial charge in [-0.15, -0.1) is 0 Å². The van der Waals surface area contributed by atoms with Gasteiger partial charge >= 0.3 is 0 Å². The highest BCUT2D eigenvalue weighted by molar-refractivity contribution is 5.84. The summed E-state index contributed by atoms with van der Waals surface area (Å²) in [5.74, 6) is -0.862. The Hall–Kier alpha value is -0.570. The van der Waals surface area contributed by atoms with Crippen molar-refractivity contribution in [3.8, 4) is 0 Å². The second kappa shape index (κ2) is 6.89. The summed E-state index contributed by atoms with van der Waals surface area (Å²) in [4.78, 5) is 11.4. The molecule has 6 N–H and O–H groups in total. The number of Topliss-reactive ketones (excluding diaryl/α,β-unsaturated/α-hetero) is 1.